The summed E-state index contributed by atoms with van der Waals surface area (Å²) >= 11 is 0. The first kappa shape index (κ1) is 12.7. The molecule has 0 aliphatic carbocycles. The van der Waals surface area contributed by atoms with Gasteiger partial charge in [0.2, 0.25) is 0 Å². The fourth-order valence-corrected chi connectivity index (χ4v) is 2.79. The van der Waals surface area contributed by atoms with Crippen molar-refractivity contribution in [2.75, 3.05) is 13.7 Å². The normalized spacial score (nSPS) is 18.4. The first-order valence-electron chi connectivity index (χ1n) is 6.67. The van der Waals surface area contributed by atoms with Gasteiger partial charge in [0.25, 0.3) is 5.91 Å². The molecule has 0 spiro atoms. The molecule has 1 N–H and O–H groups in total. The quantitative estimate of drug-likeness (QED) is 0.850. The Kier molecular flexibility index (Phi) is 3.18. The summed E-state index contributed by atoms with van der Waals surface area (Å²) in [5.41, 5.74) is 1.53. The highest BCUT2D eigenvalue weighted by Gasteiger charge is 2.35. The zero-order chi connectivity index (χ0) is 14.1. The first-order valence-corrected chi connectivity index (χ1v) is 6.67. The highest BCUT2D eigenvalue weighted by atomic mass is 16.5. The van der Waals surface area contributed by atoms with E-state index in [2.05, 4.69) is 4.98 Å². The zero-order valence-corrected chi connectivity index (χ0v) is 11.3. The second-order valence-corrected chi connectivity index (χ2v) is 4.93. The van der Waals surface area contributed by atoms with E-state index < -0.39 is 6.04 Å². The number of fused-ring (bicyclic) bond motifs is 1. The minimum atomic E-state index is -0.457. The van der Waals surface area contributed by atoms with Crippen LogP contribution in [0.15, 0.2) is 30.5 Å². The fourth-order valence-electron chi connectivity index (χ4n) is 2.79. The van der Waals surface area contributed by atoms with E-state index in [1.807, 2.05) is 24.3 Å². The van der Waals surface area contributed by atoms with Crippen LogP contribution in [0.5, 0.6) is 0 Å². The number of para-hydroxylation sites is 1. The molecule has 0 saturated carbocycles. The van der Waals surface area contributed by atoms with Crippen molar-refractivity contribution in [1.82, 2.24) is 9.88 Å². The average molecular weight is 272 g/mol. The van der Waals surface area contributed by atoms with E-state index >= 15 is 0 Å². The predicted octanol–water partition coefficient (Wildman–Crippen LogP) is 1.95. The maximum Gasteiger partial charge on any atom is 0.328 e. The van der Waals surface area contributed by atoms with Crippen LogP contribution in [0.25, 0.3) is 10.9 Å². The van der Waals surface area contributed by atoms with E-state index in [1.165, 1.54) is 7.11 Å². The van der Waals surface area contributed by atoms with Crippen LogP contribution in [0.1, 0.15) is 23.2 Å². The second-order valence-electron chi connectivity index (χ2n) is 4.93. The summed E-state index contributed by atoms with van der Waals surface area (Å²) in [4.78, 5) is 29.1. The third-order valence-electron chi connectivity index (χ3n) is 3.81. The van der Waals surface area contributed by atoms with Crippen LogP contribution in [0.4, 0.5) is 0 Å². The Balaban J connectivity index is 1.94. The Bertz CT molecular complexity index is 662. The summed E-state index contributed by atoms with van der Waals surface area (Å²) in [6, 6.07) is 7.19. The van der Waals surface area contributed by atoms with Crippen molar-refractivity contribution >= 4 is 22.8 Å². The Morgan fingerprint density at radius 3 is 2.95 bits per heavy atom. The molecule has 5 heteroatoms. The molecule has 1 atom stereocenters. The second kappa shape index (κ2) is 5.00. The van der Waals surface area contributed by atoms with E-state index in [1.54, 1.807) is 11.1 Å². The van der Waals surface area contributed by atoms with Gasteiger partial charge >= 0.3 is 5.97 Å². The van der Waals surface area contributed by atoms with Crippen molar-refractivity contribution in [3.63, 3.8) is 0 Å². The number of nitrogens with one attached hydrogen (secondary N) is 1. The summed E-state index contributed by atoms with van der Waals surface area (Å²) in [6.07, 6.45) is 3.20. The van der Waals surface area contributed by atoms with Crippen LogP contribution in [-0.2, 0) is 9.53 Å². The van der Waals surface area contributed by atoms with Crippen LogP contribution >= 0.6 is 0 Å². The van der Waals surface area contributed by atoms with Gasteiger partial charge in [0.15, 0.2) is 0 Å². The molecule has 20 heavy (non-hydrogen) atoms. The number of rotatable bonds is 2. The number of aromatic amines is 1. The number of hydrogen-bond donors (Lipinski definition) is 1. The summed E-state index contributed by atoms with van der Waals surface area (Å²) in [6.45, 7) is 0.595. The van der Waals surface area contributed by atoms with Crippen LogP contribution in [0, 0.1) is 0 Å². The fraction of sp³-hybridized carbons (Fsp3) is 0.333. The number of ether oxygens (including phenoxy) is 1. The third kappa shape index (κ3) is 1.95. The van der Waals surface area contributed by atoms with Gasteiger partial charge in [-0.1, -0.05) is 18.2 Å². The topological polar surface area (TPSA) is 62.4 Å². The molecule has 1 amide bonds. The molecule has 0 bridgehead atoms. The molecule has 5 nitrogen and oxygen atoms in total. The first-order chi connectivity index (χ1) is 9.72. The number of benzene rings is 1. The number of aromatic nitrogens is 1. The molecule has 3 rings (SSSR count). The molecule has 1 saturated heterocycles. The number of methoxy groups -OCH3 is 1. The van der Waals surface area contributed by atoms with Crippen molar-refractivity contribution in [3.05, 3.63) is 36.0 Å². The molecular formula is C15H16N2O3. The van der Waals surface area contributed by atoms with Gasteiger partial charge in [0.1, 0.15) is 6.04 Å². The number of nitrogens with zero attached hydrogens (tertiary/aromatic N) is 1. The molecule has 1 aliphatic heterocycles. The molecule has 1 aromatic heterocycles. The Labute approximate surface area is 116 Å². The number of likely N-dealkylation sites (tertiary alicyclic amines) is 1. The number of esters is 1. The van der Waals surface area contributed by atoms with Gasteiger partial charge in [-0.15, -0.1) is 0 Å². The number of carbonyl (C=O) groups is 2. The van der Waals surface area contributed by atoms with Crippen molar-refractivity contribution in [2.45, 2.75) is 18.9 Å². The molecule has 2 aromatic rings. The van der Waals surface area contributed by atoms with Crippen molar-refractivity contribution in [2.24, 2.45) is 0 Å². The molecule has 2 heterocycles. The highest BCUT2D eigenvalue weighted by molar-refractivity contribution is 6.07. The predicted molar refractivity (Wildman–Crippen MR) is 74.4 cm³/mol. The van der Waals surface area contributed by atoms with Crippen molar-refractivity contribution in [1.29, 1.82) is 0 Å². The number of H-pyrrole nitrogens is 1. The molecule has 1 aromatic carbocycles. The monoisotopic (exact) mass is 272 g/mol. The van der Waals surface area contributed by atoms with Gasteiger partial charge in [0, 0.05) is 23.6 Å². The van der Waals surface area contributed by atoms with Crippen LogP contribution < -0.4 is 0 Å². The Morgan fingerprint density at radius 2 is 2.15 bits per heavy atom. The number of hydrogen-bond acceptors (Lipinski definition) is 3. The molecule has 1 aliphatic rings. The summed E-state index contributed by atoms with van der Waals surface area (Å²) in [5, 5.41) is 0.882. The van der Waals surface area contributed by atoms with Gasteiger partial charge in [-0.2, -0.15) is 0 Å². The lowest BCUT2D eigenvalue weighted by molar-refractivity contribution is -0.145. The third-order valence-corrected chi connectivity index (χ3v) is 3.81. The van der Waals surface area contributed by atoms with E-state index in [4.69, 9.17) is 4.74 Å². The van der Waals surface area contributed by atoms with E-state index in [-0.39, 0.29) is 11.9 Å². The smallest absolute Gasteiger partial charge is 0.328 e. The average Bonchev–Trinajstić information content (AvgIpc) is 3.12. The van der Waals surface area contributed by atoms with Crippen molar-refractivity contribution < 1.29 is 14.3 Å². The van der Waals surface area contributed by atoms with E-state index in [0.717, 1.165) is 17.3 Å². The SMILES string of the molecule is COC(=O)C1CCCN1C(=O)c1c[nH]c2ccccc12. The minimum Gasteiger partial charge on any atom is -0.467 e. The molecule has 104 valence electrons. The van der Waals surface area contributed by atoms with Gasteiger partial charge < -0.3 is 14.6 Å². The van der Waals surface area contributed by atoms with E-state index in [9.17, 15) is 9.59 Å². The largest absolute Gasteiger partial charge is 0.467 e. The molecular weight excluding hydrogens is 256 g/mol. The summed E-state index contributed by atoms with van der Waals surface area (Å²) in [5.74, 6) is -0.453. The maximum absolute atomic E-state index is 12.7. The molecule has 1 fully saturated rings. The Hall–Kier alpha value is -2.30. The van der Waals surface area contributed by atoms with Crippen LogP contribution in [0.3, 0.4) is 0 Å². The van der Waals surface area contributed by atoms with Crippen LogP contribution in [-0.4, -0.2) is 41.5 Å². The lowest BCUT2D eigenvalue weighted by Crippen LogP contribution is -2.41. The van der Waals surface area contributed by atoms with Gasteiger partial charge in [-0.25, -0.2) is 4.79 Å². The van der Waals surface area contributed by atoms with Gasteiger partial charge in [0.05, 0.1) is 12.7 Å². The number of amides is 1. The maximum atomic E-state index is 12.7. The standard InChI is InChI=1S/C15H16N2O3/c1-20-15(19)13-7-4-8-17(13)14(18)11-9-16-12-6-3-2-5-10(11)12/h2-3,5-6,9,13,16H,4,7-8H2,1H3. The van der Waals surface area contributed by atoms with Crippen molar-refractivity contribution in [3.8, 4) is 0 Å². The summed E-state index contributed by atoms with van der Waals surface area (Å²) < 4.78 is 4.78. The lowest BCUT2D eigenvalue weighted by Gasteiger charge is -2.22. The minimum absolute atomic E-state index is 0.115. The molecule has 1 unspecified atom stereocenters. The summed E-state index contributed by atoms with van der Waals surface area (Å²) in [7, 11) is 1.36. The van der Waals surface area contributed by atoms with Gasteiger partial charge in [-0.3, -0.25) is 4.79 Å². The Morgan fingerprint density at radius 1 is 1.35 bits per heavy atom. The van der Waals surface area contributed by atoms with E-state index in [0.29, 0.717) is 18.5 Å². The van der Waals surface area contributed by atoms with Crippen LogP contribution in [0.2, 0.25) is 0 Å². The lowest BCUT2D eigenvalue weighted by atomic mass is 10.1. The molecule has 0 radical (unpaired) electrons. The number of carbonyl (C=O) groups excluding carboxylic acids is 2. The highest BCUT2D eigenvalue weighted by Crippen LogP contribution is 2.25. The zero-order valence-electron chi connectivity index (χ0n) is 11.3. The van der Waals surface area contributed by atoms with Gasteiger partial charge in [-0.05, 0) is 18.9 Å².